The number of aromatic hydroxyl groups is 1. The zero-order valence-electron chi connectivity index (χ0n) is 11.4. The molecule has 0 fully saturated rings. The summed E-state index contributed by atoms with van der Waals surface area (Å²) in [5.74, 6) is 0.315. The topological polar surface area (TPSA) is 35.5 Å². The van der Waals surface area contributed by atoms with E-state index in [0.29, 0.717) is 23.9 Å². The van der Waals surface area contributed by atoms with Gasteiger partial charge in [-0.25, -0.2) is 0 Å². The molecule has 0 unspecified atom stereocenters. The molecule has 2 N–H and O–H groups in total. The van der Waals surface area contributed by atoms with Gasteiger partial charge >= 0.3 is 0 Å². The average Bonchev–Trinajstić information content (AvgIpc) is 2.19. The van der Waals surface area contributed by atoms with E-state index in [1.807, 2.05) is 12.1 Å². The molecule has 0 heterocycles. The summed E-state index contributed by atoms with van der Waals surface area (Å²) in [6, 6.07) is 8.58. The van der Waals surface area contributed by atoms with E-state index in [1.165, 1.54) is 5.56 Å². The summed E-state index contributed by atoms with van der Waals surface area (Å²) in [5.41, 5.74) is 1.22. The lowest BCUT2D eigenvalue weighted by Gasteiger charge is -2.32. The Morgan fingerprint density at radius 2 is 1.59 bits per heavy atom. The monoisotopic (exact) mass is 236 g/mol. The van der Waals surface area contributed by atoms with E-state index in [4.69, 9.17) is 0 Å². The summed E-state index contributed by atoms with van der Waals surface area (Å²) in [4.78, 5) is 2.20. The number of nitrogens with zero attached hydrogens (tertiary/aromatic N) is 1. The molecule has 0 amide bonds. The first kappa shape index (κ1) is 14.0. The van der Waals surface area contributed by atoms with Crippen molar-refractivity contribution in [1.29, 1.82) is 0 Å². The fourth-order valence-electron chi connectivity index (χ4n) is 2.32. The average molecular weight is 236 g/mol. The van der Waals surface area contributed by atoms with Crippen molar-refractivity contribution in [2.24, 2.45) is 0 Å². The van der Waals surface area contributed by atoms with Gasteiger partial charge in [-0.3, -0.25) is 0 Å². The Morgan fingerprint density at radius 3 is 2.00 bits per heavy atom. The van der Waals surface area contributed by atoms with Gasteiger partial charge in [-0.05, 0) is 38.7 Å². The molecule has 0 radical (unpaired) electrons. The molecular formula is C14H24N2O. The summed E-state index contributed by atoms with van der Waals surface area (Å²) >= 11 is 0. The van der Waals surface area contributed by atoms with Gasteiger partial charge in [-0.1, -0.05) is 26.0 Å². The van der Waals surface area contributed by atoms with Crippen LogP contribution in [0.3, 0.4) is 0 Å². The zero-order valence-corrected chi connectivity index (χ0v) is 11.4. The SMILES string of the molecule is CC(C)N[C@@H](C)[C@H](c1ccc(O)cc1)N(C)C. The molecular weight excluding hydrogens is 212 g/mol. The number of hydrogen-bond acceptors (Lipinski definition) is 3. The smallest absolute Gasteiger partial charge is 0.115 e. The highest BCUT2D eigenvalue weighted by Gasteiger charge is 2.21. The van der Waals surface area contributed by atoms with Crippen LogP contribution in [0.5, 0.6) is 5.75 Å². The second-order valence-corrected chi connectivity index (χ2v) is 5.11. The van der Waals surface area contributed by atoms with Crippen LogP contribution in [0, 0.1) is 0 Å². The van der Waals surface area contributed by atoms with Crippen molar-refractivity contribution in [3.8, 4) is 5.75 Å². The summed E-state index contributed by atoms with van der Waals surface area (Å²) in [6.45, 7) is 6.50. The Labute approximate surface area is 104 Å². The predicted molar refractivity (Wildman–Crippen MR) is 72.3 cm³/mol. The number of phenols is 1. The van der Waals surface area contributed by atoms with Crippen molar-refractivity contribution >= 4 is 0 Å². The molecule has 0 bridgehead atoms. The first-order chi connectivity index (χ1) is 7.91. The third-order valence-electron chi connectivity index (χ3n) is 2.86. The van der Waals surface area contributed by atoms with Gasteiger partial charge < -0.3 is 15.3 Å². The minimum Gasteiger partial charge on any atom is -0.508 e. The third kappa shape index (κ3) is 4.02. The maximum absolute atomic E-state index is 9.33. The molecule has 0 aromatic heterocycles. The maximum atomic E-state index is 9.33. The van der Waals surface area contributed by atoms with Crippen LogP contribution in [-0.2, 0) is 0 Å². The molecule has 3 nitrogen and oxygen atoms in total. The number of benzene rings is 1. The standard InChI is InChI=1S/C14H24N2O/c1-10(2)15-11(3)14(16(4)5)12-6-8-13(17)9-7-12/h6-11,14-15,17H,1-5H3/t11-,14+/m0/s1. The van der Waals surface area contributed by atoms with E-state index < -0.39 is 0 Å². The Kier molecular flexibility index (Phi) is 4.97. The second-order valence-electron chi connectivity index (χ2n) is 5.11. The predicted octanol–water partition coefficient (Wildman–Crippen LogP) is 2.38. The van der Waals surface area contributed by atoms with Crippen LogP contribution in [-0.4, -0.2) is 36.2 Å². The first-order valence-corrected chi connectivity index (χ1v) is 6.13. The van der Waals surface area contributed by atoms with E-state index in [2.05, 4.69) is 45.1 Å². The third-order valence-corrected chi connectivity index (χ3v) is 2.86. The fourth-order valence-corrected chi connectivity index (χ4v) is 2.32. The van der Waals surface area contributed by atoms with Crippen LogP contribution in [0.15, 0.2) is 24.3 Å². The number of hydrogen-bond donors (Lipinski definition) is 2. The lowest BCUT2D eigenvalue weighted by Crippen LogP contribution is -2.42. The van der Waals surface area contributed by atoms with Crippen LogP contribution in [0.2, 0.25) is 0 Å². The van der Waals surface area contributed by atoms with Crippen molar-refractivity contribution in [2.45, 2.75) is 38.9 Å². The van der Waals surface area contributed by atoms with Crippen LogP contribution in [0.1, 0.15) is 32.4 Å². The van der Waals surface area contributed by atoms with Crippen LogP contribution < -0.4 is 5.32 Å². The fraction of sp³-hybridized carbons (Fsp3) is 0.571. The van der Waals surface area contributed by atoms with E-state index in [0.717, 1.165) is 0 Å². The largest absolute Gasteiger partial charge is 0.508 e. The van der Waals surface area contributed by atoms with E-state index in [9.17, 15) is 5.11 Å². The van der Waals surface area contributed by atoms with Gasteiger partial charge in [0.05, 0.1) is 0 Å². The zero-order chi connectivity index (χ0) is 13.0. The minimum absolute atomic E-state index is 0.304. The molecule has 1 aromatic rings. The Balaban J connectivity index is 2.89. The Bertz CT molecular complexity index is 333. The summed E-state index contributed by atoms with van der Waals surface area (Å²) in [7, 11) is 4.16. The van der Waals surface area contributed by atoms with E-state index in [-0.39, 0.29) is 0 Å². The molecule has 2 atom stereocenters. The van der Waals surface area contributed by atoms with Gasteiger partial charge in [0.25, 0.3) is 0 Å². The van der Waals surface area contributed by atoms with Crippen molar-refractivity contribution in [3.63, 3.8) is 0 Å². The highest BCUT2D eigenvalue weighted by molar-refractivity contribution is 5.28. The quantitative estimate of drug-likeness (QED) is 0.824. The van der Waals surface area contributed by atoms with Gasteiger partial charge in [0.2, 0.25) is 0 Å². The molecule has 96 valence electrons. The van der Waals surface area contributed by atoms with Gasteiger partial charge in [0.15, 0.2) is 0 Å². The molecule has 1 aromatic carbocycles. The molecule has 0 saturated carbocycles. The number of nitrogens with one attached hydrogen (secondary N) is 1. The van der Waals surface area contributed by atoms with Gasteiger partial charge in [0.1, 0.15) is 5.75 Å². The van der Waals surface area contributed by atoms with Gasteiger partial charge in [-0.2, -0.15) is 0 Å². The normalized spacial score (nSPS) is 15.2. The first-order valence-electron chi connectivity index (χ1n) is 6.13. The number of rotatable bonds is 5. The molecule has 17 heavy (non-hydrogen) atoms. The van der Waals surface area contributed by atoms with Crippen LogP contribution >= 0.6 is 0 Å². The Hall–Kier alpha value is -1.06. The molecule has 1 rings (SSSR count). The summed E-state index contributed by atoms with van der Waals surface area (Å²) in [5, 5.41) is 12.9. The summed E-state index contributed by atoms with van der Waals surface area (Å²) < 4.78 is 0. The second kappa shape index (κ2) is 6.03. The molecule has 0 aliphatic carbocycles. The Morgan fingerprint density at radius 1 is 1.06 bits per heavy atom. The van der Waals surface area contributed by atoms with E-state index in [1.54, 1.807) is 12.1 Å². The lowest BCUT2D eigenvalue weighted by molar-refractivity contribution is 0.233. The van der Waals surface area contributed by atoms with Crippen molar-refractivity contribution in [2.75, 3.05) is 14.1 Å². The van der Waals surface area contributed by atoms with Crippen molar-refractivity contribution in [1.82, 2.24) is 10.2 Å². The molecule has 3 heteroatoms. The highest BCUT2D eigenvalue weighted by atomic mass is 16.3. The van der Waals surface area contributed by atoms with E-state index >= 15 is 0 Å². The minimum atomic E-state index is 0.304. The molecule has 0 aliphatic rings. The van der Waals surface area contributed by atoms with Crippen LogP contribution in [0.25, 0.3) is 0 Å². The number of likely N-dealkylation sites (N-methyl/N-ethyl adjacent to an activating group) is 1. The lowest BCUT2D eigenvalue weighted by atomic mass is 9.98. The molecule has 0 saturated heterocycles. The number of phenolic OH excluding ortho intramolecular Hbond substituents is 1. The van der Waals surface area contributed by atoms with Crippen LogP contribution in [0.4, 0.5) is 0 Å². The highest BCUT2D eigenvalue weighted by Crippen LogP contribution is 2.24. The van der Waals surface area contributed by atoms with Gasteiger partial charge in [-0.15, -0.1) is 0 Å². The van der Waals surface area contributed by atoms with Crippen molar-refractivity contribution < 1.29 is 5.11 Å². The molecule has 0 spiro atoms. The molecule has 0 aliphatic heterocycles. The summed E-state index contributed by atoms with van der Waals surface area (Å²) in [6.07, 6.45) is 0. The van der Waals surface area contributed by atoms with Gasteiger partial charge in [0, 0.05) is 18.1 Å². The maximum Gasteiger partial charge on any atom is 0.115 e. The van der Waals surface area contributed by atoms with Crippen molar-refractivity contribution in [3.05, 3.63) is 29.8 Å².